The van der Waals surface area contributed by atoms with Crippen LogP contribution in [0.25, 0.3) is 0 Å². The molecule has 0 aliphatic heterocycles. The number of hydrogen-bond acceptors (Lipinski definition) is 46. The van der Waals surface area contributed by atoms with Crippen molar-refractivity contribution in [3.63, 3.8) is 0 Å². The first-order valence-corrected chi connectivity index (χ1v) is 41.8. The van der Waals surface area contributed by atoms with Crippen LogP contribution in [0.1, 0.15) is 32.8 Å². The van der Waals surface area contributed by atoms with Crippen LogP contribution in [0.15, 0.2) is 320 Å². The maximum absolute atomic E-state index is 11.0. The van der Waals surface area contributed by atoms with Crippen LogP contribution in [-0.4, -0.2) is 286 Å². The summed E-state index contributed by atoms with van der Waals surface area (Å²) in [5.41, 5.74) is -3.10. The van der Waals surface area contributed by atoms with Crippen LogP contribution in [0.5, 0.6) is 23.0 Å². The Morgan fingerprint density at radius 2 is 0.624 bits per heavy atom. The van der Waals surface area contributed by atoms with Crippen molar-refractivity contribution in [3.05, 3.63) is 325 Å². The molecule has 0 radical (unpaired) electrons. The minimum absolute atomic E-state index is 0.00573. The molecule has 2 aromatic rings. The van der Waals surface area contributed by atoms with Gasteiger partial charge < -0.3 is 125 Å². The van der Waals surface area contributed by atoms with Crippen LogP contribution in [0.3, 0.4) is 0 Å². The molecule has 0 spiro atoms. The molecule has 814 valence electrons. The molecule has 0 saturated carbocycles. The third-order valence-corrected chi connectivity index (χ3v) is 14.2. The monoisotopic (exact) mass is 2100 g/mol. The molecule has 0 heterocycles. The molecule has 149 heavy (non-hydrogen) atoms. The molecule has 2 rings (SSSR count). The Balaban J connectivity index is -0.000000247. The highest BCUT2D eigenvalue weighted by Gasteiger charge is 2.35. The van der Waals surface area contributed by atoms with Crippen molar-refractivity contribution < 1.29 is 221 Å². The summed E-state index contributed by atoms with van der Waals surface area (Å²) in [4.78, 5) is 214. The largest absolute Gasteiger partial charge is 0.462 e. The van der Waals surface area contributed by atoms with Crippen molar-refractivity contribution in [2.45, 2.75) is 69.2 Å². The summed E-state index contributed by atoms with van der Waals surface area (Å²) in [7, 11) is 1.42. The fourth-order valence-corrected chi connectivity index (χ4v) is 6.90. The molecule has 0 aliphatic carbocycles. The average Bonchev–Trinajstić information content (AvgIpc) is 0.860. The van der Waals surface area contributed by atoms with E-state index in [1.807, 2.05) is 0 Å². The molecule has 2 atom stereocenters. The van der Waals surface area contributed by atoms with Gasteiger partial charge in [-0.15, -0.1) is 0 Å². The van der Waals surface area contributed by atoms with Gasteiger partial charge in [0.1, 0.15) is 106 Å². The van der Waals surface area contributed by atoms with Crippen molar-refractivity contribution in [2.24, 2.45) is 0 Å². The highest BCUT2D eigenvalue weighted by molar-refractivity contribution is 5.89. The number of ether oxygens (including phenoxy) is 21. The zero-order valence-electron chi connectivity index (χ0n) is 83.1. The Morgan fingerprint density at radius 3 is 0.980 bits per heavy atom. The second-order valence-corrected chi connectivity index (χ2v) is 26.5. The Kier molecular flexibility index (Phi) is 91.8. The maximum atomic E-state index is 11.0. The van der Waals surface area contributed by atoms with Gasteiger partial charge in [-0.25, -0.2) is 95.9 Å². The topological polar surface area (TPSA) is 636 Å². The van der Waals surface area contributed by atoms with Crippen molar-refractivity contribution >= 4 is 119 Å². The van der Waals surface area contributed by atoms with E-state index in [9.17, 15) is 95.9 Å². The van der Waals surface area contributed by atoms with Crippen molar-refractivity contribution in [2.75, 3.05) is 106 Å². The molecular formula is C103H126O46. The van der Waals surface area contributed by atoms with Gasteiger partial charge >= 0.3 is 119 Å². The Bertz CT molecular complexity index is 4780. The van der Waals surface area contributed by atoms with Gasteiger partial charge in [0, 0.05) is 129 Å². The van der Waals surface area contributed by atoms with Gasteiger partial charge in [0.15, 0.2) is 11.2 Å². The van der Waals surface area contributed by atoms with Crippen LogP contribution in [0.4, 0.5) is 0 Å². The molecule has 0 fully saturated rings. The van der Waals surface area contributed by atoms with Crippen molar-refractivity contribution in [3.8, 4) is 23.0 Å². The highest BCUT2D eigenvalue weighted by atomic mass is 16.7. The van der Waals surface area contributed by atoms with Gasteiger partial charge in [-0.1, -0.05) is 144 Å². The second kappa shape index (κ2) is 93.5. The molecule has 46 nitrogen and oxygen atoms in total. The number of rotatable bonds is 57. The zero-order valence-corrected chi connectivity index (χ0v) is 83.1. The van der Waals surface area contributed by atoms with Gasteiger partial charge in [0.05, 0.1) is 33.0 Å². The van der Waals surface area contributed by atoms with Crippen LogP contribution < -0.4 is 18.9 Å². The van der Waals surface area contributed by atoms with Crippen molar-refractivity contribution in [1.29, 1.82) is 0 Å². The molecule has 0 bridgehead atoms. The lowest BCUT2D eigenvalue weighted by atomic mass is 10.1. The van der Waals surface area contributed by atoms with Crippen LogP contribution in [0.2, 0.25) is 0 Å². The van der Waals surface area contributed by atoms with Gasteiger partial charge in [0.2, 0.25) is 6.79 Å². The van der Waals surface area contributed by atoms with E-state index in [1.165, 1.54) is 56.5 Å². The molecule has 2 aromatic carbocycles. The van der Waals surface area contributed by atoms with Crippen molar-refractivity contribution in [1.82, 2.24) is 0 Å². The number of carbonyl (C=O) groups is 20. The SMILES string of the molecule is C=CC(=O)OCC(C)(C)OC(=O)C=C.C=CC(=O)OCC(C)(CO)OC(=O)C=C.C=CC(=O)OCC(CO)(CO)OC(=O)C=C.C=CC(=O)OCC(COC(=O)C=C)OC.C=CC(=O)OCC(O)COC(=O)C=C.C=CC(=O)OCC=CC(CO)OC(=O)C=C.C=CC(=O)OCC=CCCOC(=O)C=C.C=CC(=O)OCOC(=O)C=C.C=CC(=O)Oc1ccc(OC(=O)C=C)c(C)c1.C=CC(=O)Oc1ccc(OC(=O)C=C)cc1. The van der Waals surface area contributed by atoms with E-state index in [1.54, 1.807) is 45.1 Å². The molecule has 0 aromatic heterocycles. The van der Waals surface area contributed by atoms with E-state index >= 15 is 0 Å². The summed E-state index contributed by atoms with van der Waals surface area (Å²) >= 11 is 0. The Morgan fingerprint density at radius 1 is 0.315 bits per heavy atom. The summed E-state index contributed by atoms with van der Waals surface area (Å²) in [5, 5.41) is 45.0. The highest BCUT2D eigenvalue weighted by Crippen LogP contribution is 2.24. The predicted molar refractivity (Wildman–Crippen MR) is 532 cm³/mol. The fraction of sp³-hybridized carbons (Fsp3) is 0.262. The van der Waals surface area contributed by atoms with Crippen LogP contribution in [0, 0.1) is 6.92 Å². The van der Waals surface area contributed by atoms with Crippen LogP contribution in [-0.2, 0) is 176 Å². The molecular weight excluding hydrogens is 1970 g/mol. The minimum atomic E-state index is -1.66. The summed E-state index contributed by atoms with van der Waals surface area (Å²) in [6, 6.07) is 10.7. The van der Waals surface area contributed by atoms with Gasteiger partial charge in [-0.3, -0.25) is 0 Å². The summed E-state index contributed by atoms with van der Waals surface area (Å²) in [5.74, 6) is -10.5. The third kappa shape index (κ3) is 89.7. The quantitative estimate of drug-likeness (QED) is 0.00841. The molecule has 0 aliphatic rings. The fourth-order valence-electron chi connectivity index (χ4n) is 6.90. The Labute approximate surface area is 860 Å². The van der Waals surface area contributed by atoms with E-state index in [2.05, 4.69) is 169 Å². The van der Waals surface area contributed by atoms with E-state index in [0.29, 0.717) is 35.0 Å². The first-order valence-electron chi connectivity index (χ1n) is 41.8. The smallest absolute Gasteiger partial charge is 0.335 e. The molecule has 0 saturated heterocycles. The lowest BCUT2D eigenvalue weighted by molar-refractivity contribution is -0.178. The lowest BCUT2D eigenvalue weighted by Crippen LogP contribution is -2.47. The number of aryl methyl sites for hydroxylation is 1. The summed E-state index contributed by atoms with van der Waals surface area (Å²) in [6.07, 6.45) is 24.9. The van der Waals surface area contributed by atoms with E-state index in [4.69, 9.17) is 87.1 Å². The zero-order chi connectivity index (χ0) is 116. The number of benzene rings is 2. The second-order valence-electron chi connectivity index (χ2n) is 26.5. The lowest BCUT2D eigenvalue weighted by Gasteiger charge is -2.28. The maximum Gasteiger partial charge on any atom is 0.335 e. The first-order chi connectivity index (χ1) is 70.4. The van der Waals surface area contributed by atoms with Gasteiger partial charge in [-0.2, -0.15) is 0 Å². The number of hydrogen-bond donors (Lipinski definition) is 5. The standard InChI is InChI=1S/C13H12O4.C12H10O4.C11H14O5.C11H14O4.C10H14O6.2C10H14O5.C10H14O4.C9H12O5.C7H8O4/c1-4-12(14)16-10-6-7-11(9(3)8-10)17-13(15)5-2;1-3-11(13)15-9-5-7-10(8-6-9)16-12(14)4-2;1-3-10(13)15-7-5-6-9(8-12)16-11(14)4-2;1-3-10(12)14-8-6-5-7-9-15-11(13)4-2;1-3-8(13)15-7-10(5-11,6-12)16-9(14)4-2;1-4-9(11)14-6-8(13-3)7-15-10(12)5-2;1-4-8(12)14-7-10(3,6-11)15-9(13)5-2;1-5-8(11)13-7-10(3,4)14-9(12)6-2;1-3-8(11)13-5-7(10)6-14-9(12)4-2;1-3-6(8)10-5-11-7(9)4-2/h4-8H,1-2H2,3H3;3-8H,1-2H2;3-6,9,12H,1-2,7-8H2;3-6H,1-2,7-9H2;3-4,11-12H,1-2,5-7H2;4-5,8H,1-2,6-7H2,3H3;4-5,11H,1-2,6-7H2,3H3;5-6H,1-2,7H2,3-4H3;3-4,7,10H,1-2,5-6H2;3-4H,1-2,5H2. The molecule has 46 heteroatoms. The normalized spacial score (nSPS) is 10.1. The number of esters is 20. The molecule has 5 N–H and O–H groups in total. The van der Waals surface area contributed by atoms with Gasteiger partial charge in [0.25, 0.3) is 0 Å². The Hall–Kier alpha value is -18.1. The molecule has 2 unspecified atom stereocenters. The van der Waals surface area contributed by atoms with Crippen LogP contribution >= 0.6 is 0 Å². The average molecular weight is 2100 g/mol. The molecule has 0 amide bonds. The number of aliphatic hydroxyl groups is 5. The predicted octanol–water partition coefficient (Wildman–Crippen LogP) is 7.06. The first kappa shape index (κ1) is 146. The summed E-state index contributed by atoms with van der Waals surface area (Å²) in [6.45, 7) is 67.6. The number of carbonyl (C=O) groups excluding carboxylic acids is 20. The van der Waals surface area contributed by atoms with E-state index in [-0.39, 0.29) is 66.1 Å². The third-order valence-electron chi connectivity index (χ3n) is 14.2. The number of methoxy groups -OCH3 is 1. The minimum Gasteiger partial charge on any atom is -0.462 e. The van der Waals surface area contributed by atoms with E-state index < -0.39 is 188 Å². The van der Waals surface area contributed by atoms with E-state index in [0.717, 1.165) is 122 Å². The van der Waals surface area contributed by atoms with Gasteiger partial charge in [-0.05, 0) is 94.3 Å². The summed E-state index contributed by atoms with van der Waals surface area (Å²) < 4.78 is 98.7. The number of aliphatic hydroxyl groups excluding tert-OH is 5.